The van der Waals surface area contributed by atoms with Crippen LogP contribution in [0.15, 0.2) is 34.2 Å². The molecule has 4 heteroatoms. The molecule has 0 aliphatic heterocycles. The van der Waals surface area contributed by atoms with Gasteiger partial charge in [0.15, 0.2) is 0 Å². The molecule has 0 fully saturated rings. The number of amidine groups is 1. The summed E-state index contributed by atoms with van der Waals surface area (Å²) in [6.07, 6.45) is 0. The van der Waals surface area contributed by atoms with Gasteiger partial charge in [0, 0.05) is 10.6 Å². The first-order chi connectivity index (χ1) is 9.38. The molecule has 20 heavy (non-hydrogen) atoms. The van der Waals surface area contributed by atoms with Crippen LogP contribution in [0.4, 0.5) is 0 Å². The first-order valence-corrected chi connectivity index (χ1v) is 7.28. The molecule has 0 aliphatic rings. The molecule has 3 N–H and O–H groups in total. The average Bonchev–Trinajstić information content (AvgIpc) is 2.32. The van der Waals surface area contributed by atoms with Gasteiger partial charge in [-0.1, -0.05) is 23.9 Å². The van der Waals surface area contributed by atoms with E-state index in [4.69, 9.17) is 11.1 Å². The van der Waals surface area contributed by atoms with Crippen molar-refractivity contribution in [3.63, 3.8) is 0 Å². The minimum Gasteiger partial charge on any atom is -0.384 e. The number of nitrogens with zero attached hydrogens (tertiary/aromatic N) is 1. The topological polar surface area (TPSA) is 62.8 Å². The highest BCUT2D eigenvalue weighted by molar-refractivity contribution is 7.99. The summed E-state index contributed by atoms with van der Waals surface area (Å²) in [5.41, 5.74) is 10.8. The van der Waals surface area contributed by atoms with E-state index in [0.717, 1.165) is 26.7 Å². The molecule has 0 atom stereocenters. The number of nitrogens with one attached hydrogen (secondary N) is 1. The lowest BCUT2D eigenvalue weighted by atomic mass is 10.1. The Morgan fingerprint density at radius 3 is 2.45 bits per heavy atom. The molecular weight excluding hydrogens is 266 g/mol. The maximum atomic E-state index is 7.77. The Kier molecular flexibility index (Phi) is 4.14. The third-order valence-electron chi connectivity index (χ3n) is 3.13. The average molecular weight is 285 g/mol. The van der Waals surface area contributed by atoms with Crippen LogP contribution in [0.3, 0.4) is 0 Å². The third-order valence-corrected chi connectivity index (χ3v) is 4.28. The minimum atomic E-state index is 0.0720. The van der Waals surface area contributed by atoms with Crippen LogP contribution in [0.25, 0.3) is 0 Å². The summed E-state index contributed by atoms with van der Waals surface area (Å²) in [6, 6.07) is 8.31. The summed E-state index contributed by atoms with van der Waals surface area (Å²) < 4.78 is 0. The highest BCUT2D eigenvalue weighted by Gasteiger charge is 2.14. The molecule has 0 bridgehead atoms. The van der Waals surface area contributed by atoms with E-state index in [2.05, 4.69) is 37.0 Å². The largest absolute Gasteiger partial charge is 0.384 e. The molecule has 2 rings (SSSR count). The van der Waals surface area contributed by atoms with Crippen LogP contribution in [0.5, 0.6) is 0 Å². The van der Waals surface area contributed by atoms with Gasteiger partial charge in [-0.2, -0.15) is 0 Å². The lowest BCUT2D eigenvalue weighted by Crippen LogP contribution is -2.15. The highest BCUT2D eigenvalue weighted by Crippen LogP contribution is 2.33. The molecule has 1 aromatic heterocycles. The molecule has 0 unspecified atom stereocenters. The van der Waals surface area contributed by atoms with Gasteiger partial charge < -0.3 is 5.73 Å². The summed E-state index contributed by atoms with van der Waals surface area (Å²) in [6.45, 7) is 8.09. The molecule has 0 saturated heterocycles. The normalized spacial score (nSPS) is 10.6. The number of rotatable bonds is 3. The first-order valence-electron chi connectivity index (χ1n) is 6.46. The first kappa shape index (κ1) is 14.6. The Hall–Kier alpha value is -1.81. The number of hydrogen-bond donors (Lipinski definition) is 2. The molecule has 0 radical (unpaired) electrons. The summed E-state index contributed by atoms with van der Waals surface area (Å²) in [7, 11) is 0. The van der Waals surface area contributed by atoms with Crippen molar-refractivity contribution in [2.45, 2.75) is 37.6 Å². The fourth-order valence-electron chi connectivity index (χ4n) is 2.13. The van der Waals surface area contributed by atoms with E-state index in [-0.39, 0.29) is 5.84 Å². The Bertz CT molecular complexity index is 678. The zero-order chi connectivity index (χ0) is 14.9. The third kappa shape index (κ3) is 3.02. The zero-order valence-electron chi connectivity index (χ0n) is 12.2. The van der Waals surface area contributed by atoms with Gasteiger partial charge in [-0.25, -0.2) is 4.98 Å². The van der Waals surface area contributed by atoms with Crippen LogP contribution < -0.4 is 5.73 Å². The lowest BCUT2D eigenvalue weighted by Gasteiger charge is -2.13. The van der Waals surface area contributed by atoms with E-state index >= 15 is 0 Å². The van der Waals surface area contributed by atoms with E-state index in [9.17, 15) is 0 Å². The van der Waals surface area contributed by atoms with Crippen molar-refractivity contribution < 1.29 is 0 Å². The van der Waals surface area contributed by atoms with Crippen molar-refractivity contribution in [3.8, 4) is 0 Å². The number of pyridine rings is 1. The second kappa shape index (κ2) is 5.67. The van der Waals surface area contributed by atoms with E-state index in [1.165, 1.54) is 11.1 Å². The molecule has 3 nitrogen and oxygen atoms in total. The van der Waals surface area contributed by atoms with Crippen LogP contribution in [0, 0.1) is 33.1 Å². The van der Waals surface area contributed by atoms with Crippen LogP contribution in [0.2, 0.25) is 0 Å². The summed E-state index contributed by atoms with van der Waals surface area (Å²) >= 11 is 1.58. The summed E-state index contributed by atoms with van der Waals surface area (Å²) in [5.74, 6) is 0.0720. The minimum absolute atomic E-state index is 0.0720. The second-order valence-corrected chi connectivity index (χ2v) is 6.08. The number of benzene rings is 1. The lowest BCUT2D eigenvalue weighted by molar-refractivity contribution is 1.03. The maximum Gasteiger partial charge on any atom is 0.125 e. The summed E-state index contributed by atoms with van der Waals surface area (Å²) in [4.78, 5) is 5.72. The molecule has 0 amide bonds. The van der Waals surface area contributed by atoms with E-state index in [1.54, 1.807) is 11.8 Å². The van der Waals surface area contributed by atoms with Crippen molar-refractivity contribution in [3.05, 3.63) is 52.2 Å². The number of aromatic nitrogens is 1. The molecule has 1 heterocycles. The summed E-state index contributed by atoms with van der Waals surface area (Å²) in [5, 5.41) is 8.58. The molecule has 1 aromatic carbocycles. The Morgan fingerprint density at radius 2 is 1.80 bits per heavy atom. The van der Waals surface area contributed by atoms with Gasteiger partial charge in [0.1, 0.15) is 10.9 Å². The number of hydrogen-bond acceptors (Lipinski definition) is 3. The van der Waals surface area contributed by atoms with Crippen molar-refractivity contribution in [2.75, 3.05) is 0 Å². The predicted octanol–water partition coefficient (Wildman–Crippen LogP) is 3.75. The van der Waals surface area contributed by atoms with Crippen LogP contribution in [-0.2, 0) is 0 Å². The monoisotopic (exact) mass is 285 g/mol. The molecular formula is C16H19N3S. The van der Waals surface area contributed by atoms with Crippen LogP contribution >= 0.6 is 11.8 Å². The van der Waals surface area contributed by atoms with Gasteiger partial charge in [0.05, 0.1) is 5.56 Å². The quantitative estimate of drug-likeness (QED) is 0.667. The standard InChI is InChI=1S/C16H19N3S/c1-9-5-6-10(2)13(7-9)20-16-14(15(17)18)11(3)8-12(4)19-16/h5-8H,1-4H3,(H3,17,18). The van der Waals surface area contributed by atoms with Crippen molar-refractivity contribution in [1.82, 2.24) is 4.98 Å². The zero-order valence-corrected chi connectivity index (χ0v) is 13.1. The van der Waals surface area contributed by atoms with Gasteiger partial charge >= 0.3 is 0 Å². The maximum absolute atomic E-state index is 7.77. The Labute approximate surface area is 124 Å². The van der Waals surface area contributed by atoms with Crippen molar-refractivity contribution in [2.24, 2.45) is 5.73 Å². The van der Waals surface area contributed by atoms with Gasteiger partial charge in [-0.3, -0.25) is 5.41 Å². The molecule has 0 spiro atoms. The molecule has 0 saturated carbocycles. The fourth-order valence-corrected chi connectivity index (χ4v) is 3.37. The number of nitrogens with two attached hydrogens (primary N) is 1. The molecule has 0 aliphatic carbocycles. The van der Waals surface area contributed by atoms with Gasteiger partial charge in [0.2, 0.25) is 0 Å². The van der Waals surface area contributed by atoms with E-state index in [1.807, 2.05) is 19.9 Å². The van der Waals surface area contributed by atoms with Crippen LogP contribution in [-0.4, -0.2) is 10.8 Å². The van der Waals surface area contributed by atoms with Gasteiger partial charge in [-0.15, -0.1) is 0 Å². The van der Waals surface area contributed by atoms with Gasteiger partial charge in [0.25, 0.3) is 0 Å². The molecule has 104 valence electrons. The second-order valence-electron chi connectivity index (χ2n) is 5.05. The van der Waals surface area contributed by atoms with E-state index in [0.29, 0.717) is 0 Å². The van der Waals surface area contributed by atoms with Crippen molar-refractivity contribution in [1.29, 1.82) is 5.41 Å². The van der Waals surface area contributed by atoms with Crippen LogP contribution in [0.1, 0.15) is 27.9 Å². The number of aryl methyl sites for hydroxylation is 4. The molecule has 2 aromatic rings. The van der Waals surface area contributed by atoms with Crippen molar-refractivity contribution >= 4 is 17.6 Å². The van der Waals surface area contributed by atoms with Gasteiger partial charge in [-0.05, 0) is 56.5 Å². The predicted molar refractivity (Wildman–Crippen MR) is 84.8 cm³/mol. The SMILES string of the molecule is Cc1ccc(C)c(Sc2nc(C)cc(C)c2C(=N)N)c1. The highest BCUT2D eigenvalue weighted by atomic mass is 32.2. The Morgan fingerprint density at radius 1 is 1.10 bits per heavy atom. The fraction of sp³-hybridized carbons (Fsp3) is 0.250. The Balaban J connectivity index is 2.53. The smallest absolute Gasteiger partial charge is 0.125 e. The number of nitrogen functional groups attached to an aromatic ring is 1. The van der Waals surface area contributed by atoms with E-state index < -0.39 is 0 Å².